The molecular weight excluding hydrogens is 311 g/mol. The van der Waals surface area contributed by atoms with Crippen LogP contribution in [0.4, 0.5) is 10.2 Å². The molecule has 0 aliphatic carbocycles. The van der Waals surface area contributed by atoms with Crippen molar-refractivity contribution in [2.24, 2.45) is 0 Å². The lowest BCUT2D eigenvalue weighted by Crippen LogP contribution is -2.27. The molecular formula is C16H15FN6O. The number of rotatable bonds is 3. The Bertz CT molecular complexity index is 924. The minimum atomic E-state index is -0.382. The molecule has 1 aliphatic heterocycles. The number of halogens is 1. The van der Waals surface area contributed by atoms with Crippen molar-refractivity contribution < 1.29 is 9.18 Å². The Hall–Kier alpha value is -3.03. The summed E-state index contributed by atoms with van der Waals surface area (Å²) in [5.41, 5.74) is 0.859. The van der Waals surface area contributed by atoms with E-state index in [0.29, 0.717) is 36.1 Å². The molecule has 0 bridgehead atoms. The highest BCUT2D eigenvalue weighted by molar-refractivity contribution is 5.84. The first-order valence-corrected chi connectivity index (χ1v) is 7.67. The number of aromatic nitrogens is 4. The standard InChI is InChI=1S/C16H15FN6O/c1-2-21-10-22(9-15(21)24)14-8-7-13-18-19-16(23(13)20-14)11-5-3-4-6-12(11)17/h3-8H,2,9-10H2,1H3. The molecule has 1 aliphatic rings. The number of fused-ring (bicyclic) bond motifs is 1. The third-order valence-corrected chi connectivity index (χ3v) is 4.09. The van der Waals surface area contributed by atoms with Crippen molar-refractivity contribution in [3.63, 3.8) is 0 Å². The molecule has 0 N–H and O–H groups in total. The van der Waals surface area contributed by atoms with Gasteiger partial charge in [0.1, 0.15) is 12.4 Å². The number of benzene rings is 1. The maximum atomic E-state index is 14.1. The van der Waals surface area contributed by atoms with Crippen LogP contribution in [0, 0.1) is 5.82 Å². The van der Waals surface area contributed by atoms with Gasteiger partial charge in [0.2, 0.25) is 5.91 Å². The van der Waals surface area contributed by atoms with E-state index < -0.39 is 0 Å². The summed E-state index contributed by atoms with van der Waals surface area (Å²) in [5, 5.41) is 12.6. The van der Waals surface area contributed by atoms with Crippen LogP contribution in [-0.2, 0) is 4.79 Å². The number of carbonyl (C=O) groups excluding carboxylic acids is 1. The van der Waals surface area contributed by atoms with Gasteiger partial charge in [0.25, 0.3) is 0 Å². The number of anilines is 1. The highest BCUT2D eigenvalue weighted by Gasteiger charge is 2.27. The predicted molar refractivity (Wildman–Crippen MR) is 85.8 cm³/mol. The van der Waals surface area contributed by atoms with Crippen LogP contribution in [0.5, 0.6) is 0 Å². The van der Waals surface area contributed by atoms with Crippen molar-refractivity contribution >= 4 is 17.4 Å². The number of hydrogen-bond acceptors (Lipinski definition) is 5. The second-order valence-electron chi connectivity index (χ2n) is 5.55. The third kappa shape index (κ3) is 2.27. The van der Waals surface area contributed by atoms with Gasteiger partial charge in [-0.2, -0.15) is 4.52 Å². The van der Waals surface area contributed by atoms with E-state index >= 15 is 0 Å². The van der Waals surface area contributed by atoms with Gasteiger partial charge in [-0.3, -0.25) is 4.79 Å². The zero-order valence-electron chi connectivity index (χ0n) is 13.1. The number of hydrogen-bond donors (Lipinski definition) is 0. The van der Waals surface area contributed by atoms with Crippen LogP contribution in [-0.4, -0.2) is 50.4 Å². The first-order valence-electron chi connectivity index (χ1n) is 7.67. The van der Waals surface area contributed by atoms with Crippen LogP contribution < -0.4 is 4.90 Å². The summed E-state index contributed by atoms with van der Waals surface area (Å²) in [4.78, 5) is 15.5. The summed E-state index contributed by atoms with van der Waals surface area (Å²) in [6.45, 7) is 3.37. The van der Waals surface area contributed by atoms with E-state index in [0.717, 1.165) is 0 Å². The SMILES string of the molecule is CCN1CN(c2ccc3nnc(-c4ccccc4F)n3n2)CC1=O. The van der Waals surface area contributed by atoms with Crippen LogP contribution in [0.25, 0.3) is 17.0 Å². The van der Waals surface area contributed by atoms with E-state index in [-0.39, 0.29) is 18.3 Å². The average Bonchev–Trinajstić information content (AvgIpc) is 3.18. The molecule has 1 aromatic carbocycles. The molecule has 3 aromatic rings. The summed E-state index contributed by atoms with van der Waals surface area (Å²) < 4.78 is 15.6. The molecule has 1 fully saturated rings. The van der Waals surface area contributed by atoms with E-state index in [4.69, 9.17) is 0 Å². The average molecular weight is 326 g/mol. The van der Waals surface area contributed by atoms with Crippen LogP contribution in [0.15, 0.2) is 36.4 Å². The second-order valence-corrected chi connectivity index (χ2v) is 5.55. The number of nitrogens with zero attached hydrogens (tertiary/aromatic N) is 6. The van der Waals surface area contributed by atoms with Crippen molar-refractivity contribution in [2.75, 3.05) is 24.7 Å². The van der Waals surface area contributed by atoms with E-state index in [2.05, 4.69) is 15.3 Å². The molecule has 2 aromatic heterocycles. The van der Waals surface area contributed by atoms with Crippen LogP contribution >= 0.6 is 0 Å². The summed E-state index contributed by atoms with van der Waals surface area (Å²) in [6, 6.07) is 9.93. The molecule has 1 saturated heterocycles. The fraction of sp³-hybridized carbons (Fsp3) is 0.250. The molecule has 24 heavy (non-hydrogen) atoms. The minimum absolute atomic E-state index is 0.0671. The van der Waals surface area contributed by atoms with Crippen LogP contribution in [0.3, 0.4) is 0 Å². The minimum Gasteiger partial charge on any atom is -0.328 e. The summed E-state index contributed by atoms with van der Waals surface area (Å²) >= 11 is 0. The molecule has 0 spiro atoms. The molecule has 3 heterocycles. The Kier molecular flexibility index (Phi) is 3.37. The van der Waals surface area contributed by atoms with Crippen LogP contribution in [0.2, 0.25) is 0 Å². The van der Waals surface area contributed by atoms with Gasteiger partial charge >= 0.3 is 0 Å². The molecule has 0 radical (unpaired) electrons. The highest BCUT2D eigenvalue weighted by Crippen LogP contribution is 2.23. The van der Waals surface area contributed by atoms with Gasteiger partial charge in [0, 0.05) is 6.54 Å². The zero-order valence-corrected chi connectivity index (χ0v) is 13.1. The molecule has 0 saturated carbocycles. The lowest BCUT2D eigenvalue weighted by atomic mass is 10.2. The predicted octanol–water partition coefficient (Wildman–Crippen LogP) is 1.56. The first-order chi connectivity index (χ1) is 11.7. The topological polar surface area (TPSA) is 66.6 Å². The molecule has 1 amide bonds. The largest absolute Gasteiger partial charge is 0.328 e. The maximum Gasteiger partial charge on any atom is 0.243 e. The van der Waals surface area contributed by atoms with Gasteiger partial charge in [-0.05, 0) is 31.2 Å². The van der Waals surface area contributed by atoms with Gasteiger partial charge < -0.3 is 9.80 Å². The van der Waals surface area contributed by atoms with Gasteiger partial charge in [-0.15, -0.1) is 15.3 Å². The normalized spacial score (nSPS) is 14.8. The lowest BCUT2D eigenvalue weighted by Gasteiger charge is -2.17. The van der Waals surface area contributed by atoms with E-state index in [1.165, 1.54) is 10.6 Å². The summed E-state index contributed by atoms with van der Waals surface area (Å²) in [5.74, 6) is 0.650. The lowest BCUT2D eigenvalue weighted by molar-refractivity contribution is -0.126. The smallest absolute Gasteiger partial charge is 0.243 e. The molecule has 8 heteroatoms. The Labute approximate surface area is 137 Å². The fourth-order valence-electron chi connectivity index (χ4n) is 2.79. The third-order valence-electron chi connectivity index (χ3n) is 4.09. The highest BCUT2D eigenvalue weighted by atomic mass is 19.1. The Morgan fingerprint density at radius 2 is 2.00 bits per heavy atom. The van der Waals surface area contributed by atoms with E-state index in [1.807, 2.05) is 11.8 Å². The van der Waals surface area contributed by atoms with E-state index in [1.54, 1.807) is 35.2 Å². The molecule has 0 unspecified atom stereocenters. The Morgan fingerprint density at radius 3 is 2.75 bits per heavy atom. The molecule has 4 rings (SSSR count). The zero-order chi connectivity index (χ0) is 16.7. The quantitative estimate of drug-likeness (QED) is 0.731. The van der Waals surface area contributed by atoms with Gasteiger partial charge in [0.15, 0.2) is 17.3 Å². The molecule has 0 atom stereocenters. The van der Waals surface area contributed by atoms with Gasteiger partial charge in [-0.1, -0.05) is 12.1 Å². The van der Waals surface area contributed by atoms with Gasteiger partial charge in [0.05, 0.1) is 12.2 Å². The van der Waals surface area contributed by atoms with Crippen molar-refractivity contribution in [1.29, 1.82) is 0 Å². The van der Waals surface area contributed by atoms with Crippen molar-refractivity contribution in [2.45, 2.75) is 6.92 Å². The van der Waals surface area contributed by atoms with Gasteiger partial charge in [-0.25, -0.2) is 4.39 Å². The molecule has 122 valence electrons. The summed E-state index contributed by atoms with van der Waals surface area (Å²) in [6.07, 6.45) is 0. The second kappa shape index (κ2) is 5.55. The maximum absolute atomic E-state index is 14.1. The Morgan fingerprint density at radius 1 is 1.17 bits per heavy atom. The van der Waals surface area contributed by atoms with Crippen molar-refractivity contribution in [1.82, 2.24) is 24.7 Å². The summed E-state index contributed by atoms with van der Waals surface area (Å²) in [7, 11) is 0. The Balaban J connectivity index is 1.77. The number of likely N-dealkylation sites (N-methyl/N-ethyl adjacent to an activating group) is 1. The first kappa shape index (κ1) is 14.6. The van der Waals surface area contributed by atoms with E-state index in [9.17, 15) is 9.18 Å². The number of amides is 1. The van der Waals surface area contributed by atoms with Crippen molar-refractivity contribution in [3.8, 4) is 11.4 Å². The fourth-order valence-corrected chi connectivity index (χ4v) is 2.79. The monoisotopic (exact) mass is 326 g/mol. The molecule has 7 nitrogen and oxygen atoms in total. The number of carbonyl (C=O) groups is 1. The van der Waals surface area contributed by atoms with Crippen LogP contribution in [0.1, 0.15) is 6.92 Å². The van der Waals surface area contributed by atoms with Crippen molar-refractivity contribution in [3.05, 3.63) is 42.2 Å².